The largest absolute Gasteiger partial charge is 0.314 e. The Morgan fingerprint density at radius 1 is 1.36 bits per heavy atom. The second-order valence-corrected chi connectivity index (χ2v) is 3.42. The molecule has 0 aliphatic rings. The van der Waals surface area contributed by atoms with Crippen molar-refractivity contribution < 1.29 is 0 Å². The standard InChI is InChI=1S/C10H21N/c1-5-6-7-8-11-10(4)9(2)3/h5,9-11H,1,6-8H2,2-4H3. The lowest BCUT2D eigenvalue weighted by molar-refractivity contribution is 0.425. The van der Waals surface area contributed by atoms with Gasteiger partial charge in [0.05, 0.1) is 0 Å². The van der Waals surface area contributed by atoms with Crippen LogP contribution in [-0.4, -0.2) is 12.6 Å². The molecule has 0 aromatic heterocycles. The molecule has 0 aliphatic carbocycles. The average molecular weight is 155 g/mol. The van der Waals surface area contributed by atoms with Gasteiger partial charge in [-0.1, -0.05) is 19.9 Å². The maximum Gasteiger partial charge on any atom is 0.00617 e. The number of unbranched alkanes of at least 4 members (excludes halogenated alkanes) is 1. The van der Waals surface area contributed by atoms with E-state index in [1.54, 1.807) is 0 Å². The van der Waals surface area contributed by atoms with Crippen LogP contribution in [0.1, 0.15) is 33.6 Å². The zero-order valence-corrected chi connectivity index (χ0v) is 8.06. The molecular formula is C10H21N. The Morgan fingerprint density at radius 2 is 2.00 bits per heavy atom. The molecule has 0 aliphatic heterocycles. The van der Waals surface area contributed by atoms with E-state index >= 15 is 0 Å². The van der Waals surface area contributed by atoms with Crippen LogP contribution < -0.4 is 5.32 Å². The molecule has 1 atom stereocenters. The highest BCUT2D eigenvalue weighted by Crippen LogP contribution is 1.99. The van der Waals surface area contributed by atoms with Gasteiger partial charge in [0, 0.05) is 6.04 Å². The number of rotatable bonds is 6. The SMILES string of the molecule is C=CCCCNC(C)C(C)C. The molecule has 0 rings (SSSR count). The zero-order valence-electron chi connectivity index (χ0n) is 8.06. The fraction of sp³-hybridized carbons (Fsp3) is 0.800. The van der Waals surface area contributed by atoms with Gasteiger partial charge >= 0.3 is 0 Å². The third-order valence-corrected chi connectivity index (χ3v) is 2.05. The molecule has 0 saturated heterocycles. The van der Waals surface area contributed by atoms with Crippen molar-refractivity contribution in [1.29, 1.82) is 0 Å². The van der Waals surface area contributed by atoms with Crippen LogP contribution in [-0.2, 0) is 0 Å². The molecule has 0 aromatic carbocycles. The first-order valence-corrected chi connectivity index (χ1v) is 4.52. The lowest BCUT2D eigenvalue weighted by Gasteiger charge is -2.16. The Labute approximate surface area is 70.9 Å². The topological polar surface area (TPSA) is 12.0 Å². The van der Waals surface area contributed by atoms with Crippen LogP contribution in [0.25, 0.3) is 0 Å². The lowest BCUT2D eigenvalue weighted by Crippen LogP contribution is -2.31. The van der Waals surface area contributed by atoms with Crippen molar-refractivity contribution in [3.8, 4) is 0 Å². The lowest BCUT2D eigenvalue weighted by atomic mass is 10.1. The van der Waals surface area contributed by atoms with Crippen molar-refractivity contribution in [2.24, 2.45) is 5.92 Å². The highest BCUT2D eigenvalue weighted by Gasteiger charge is 2.03. The van der Waals surface area contributed by atoms with Crippen molar-refractivity contribution in [3.63, 3.8) is 0 Å². The van der Waals surface area contributed by atoms with Crippen molar-refractivity contribution >= 4 is 0 Å². The zero-order chi connectivity index (χ0) is 8.69. The van der Waals surface area contributed by atoms with E-state index in [4.69, 9.17) is 0 Å². The maximum absolute atomic E-state index is 3.68. The normalized spacial score (nSPS) is 13.5. The summed E-state index contributed by atoms with van der Waals surface area (Å²) in [4.78, 5) is 0. The summed E-state index contributed by atoms with van der Waals surface area (Å²) in [5, 5.41) is 3.47. The van der Waals surface area contributed by atoms with Crippen LogP contribution in [0.5, 0.6) is 0 Å². The molecule has 11 heavy (non-hydrogen) atoms. The summed E-state index contributed by atoms with van der Waals surface area (Å²) in [6.07, 6.45) is 4.31. The molecule has 1 N–H and O–H groups in total. The Kier molecular flexibility index (Phi) is 6.24. The van der Waals surface area contributed by atoms with Crippen molar-refractivity contribution in [1.82, 2.24) is 5.32 Å². The first-order chi connectivity index (χ1) is 5.18. The predicted molar refractivity (Wildman–Crippen MR) is 51.7 cm³/mol. The van der Waals surface area contributed by atoms with Gasteiger partial charge < -0.3 is 5.32 Å². The Balaban J connectivity index is 3.17. The maximum atomic E-state index is 3.68. The van der Waals surface area contributed by atoms with E-state index in [0.29, 0.717) is 6.04 Å². The van der Waals surface area contributed by atoms with Crippen LogP contribution in [0, 0.1) is 5.92 Å². The molecule has 0 fully saturated rings. The van der Waals surface area contributed by atoms with Gasteiger partial charge in [0.2, 0.25) is 0 Å². The summed E-state index contributed by atoms with van der Waals surface area (Å²) >= 11 is 0. The van der Waals surface area contributed by atoms with E-state index in [0.717, 1.165) is 18.9 Å². The van der Waals surface area contributed by atoms with Crippen molar-refractivity contribution in [3.05, 3.63) is 12.7 Å². The molecular weight excluding hydrogens is 134 g/mol. The first-order valence-electron chi connectivity index (χ1n) is 4.52. The number of allylic oxidation sites excluding steroid dienone is 1. The van der Waals surface area contributed by atoms with Crippen molar-refractivity contribution in [2.45, 2.75) is 39.7 Å². The Hall–Kier alpha value is -0.300. The van der Waals surface area contributed by atoms with Gasteiger partial charge in [0.25, 0.3) is 0 Å². The second-order valence-electron chi connectivity index (χ2n) is 3.42. The van der Waals surface area contributed by atoms with Crippen LogP contribution in [0.15, 0.2) is 12.7 Å². The van der Waals surface area contributed by atoms with E-state index in [-0.39, 0.29) is 0 Å². The molecule has 0 radical (unpaired) electrons. The monoisotopic (exact) mass is 155 g/mol. The van der Waals surface area contributed by atoms with E-state index in [2.05, 4.69) is 32.7 Å². The quantitative estimate of drug-likeness (QED) is 0.459. The van der Waals surface area contributed by atoms with Crippen molar-refractivity contribution in [2.75, 3.05) is 6.54 Å². The number of hydrogen-bond donors (Lipinski definition) is 1. The van der Waals surface area contributed by atoms with Crippen LogP contribution in [0.4, 0.5) is 0 Å². The van der Waals surface area contributed by atoms with E-state index in [1.807, 2.05) is 6.08 Å². The molecule has 0 saturated carbocycles. The highest BCUT2D eigenvalue weighted by atomic mass is 14.9. The molecule has 0 aromatic rings. The molecule has 1 unspecified atom stereocenters. The molecule has 0 heterocycles. The number of hydrogen-bond acceptors (Lipinski definition) is 1. The van der Waals surface area contributed by atoms with Gasteiger partial charge in [-0.05, 0) is 32.2 Å². The van der Waals surface area contributed by atoms with Gasteiger partial charge in [-0.15, -0.1) is 6.58 Å². The minimum absolute atomic E-state index is 0.639. The number of nitrogens with one attached hydrogen (secondary N) is 1. The fourth-order valence-electron chi connectivity index (χ4n) is 0.812. The molecule has 0 bridgehead atoms. The summed E-state index contributed by atoms with van der Waals surface area (Å²) < 4.78 is 0. The highest BCUT2D eigenvalue weighted by molar-refractivity contribution is 4.69. The molecule has 0 spiro atoms. The van der Waals surface area contributed by atoms with Gasteiger partial charge in [-0.25, -0.2) is 0 Å². The third kappa shape index (κ3) is 6.11. The summed E-state index contributed by atoms with van der Waals surface area (Å²) in [6.45, 7) is 11.5. The minimum atomic E-state index is 0.639. The summed E-state index contributed by atoms with van der Waals surface area (Å²) in [5.74, 6) is 0.735. The molecule has 1 heteroatoms. The predicted octanol–water partition coefficient (Wildman–Crippen LogP) is 2.59. The summed E-state index contributed by atoms with van der Waals surface area (Å²) in [6, 6.07) is 0.639. The van der Waals surface area contributed by atoms with Gasteiger partial charge in [0.15, 0.2) is 0 Å². The Morgan fingerprint density at radius 3 is 2.45 bits per heavy atom. The van der Waals surface area contributed by atoms with Gasteiger partial charge in [0.1, 0.15) is 0 Å². The fourth-order valence-corrected chi connectivity index (χ4v) is 0.812. The van der Waals surface area contributed by atoms with Gasteiger partial charge in [-0.3, -0.25) is 0 Å². The van der Waals surface area contributed by atoms with Crippen LogP contribution in [0.3, 0.4) is 0 Å². The smallest absolute Gasteiger partial charge is 0.00617 e. The third-order valence-electron chi connectivity index (χ3n) is 2.05. The van der Waals surface area contributed by atoms with Crippen LogP contribution in [0.2, 0.25) is 0 Å². The minimum Gasteiger partial charge on any atom is -0.314 e. The van der Waals surface area contributed by atoms with E-state index < -0.39 is 0 Å². The molecule has 0 amide bonds. The summed E-state index contributed by atoms with van der Waals surface area (Å²) in [7, 11) is 0. The van der Waals surface area contributed by atoms with E-state index in [1.165, 1.54) is 6.42 Å². The molecule has 66 valence electrons. The van der Waals surface area contributed by atoms with Gasteiger partial charge in [-0.2, -0.15) is 0 Å². The Bertz CT molecular complexity index is 97.0. The summed E-state index contributed by atoms with van der Waals surface area (Å²) in [5.41, 5.74) is 0. The first kappa shape index (κ1) is 10.7. The average Bonchev–Trinajstić information content (AvgIpc) is 1.97. The van der Waals surface area contributed by atoms with E-state index in [9.17, 15) is 0 Å². The second kappa shape index (κ2) is 6.41. The molecule has 1 nitrogen and oxygen atoms in total. The van der Waals surface area contributed by atoms with Crippen LogP contribution >= 0.6 is 0 Å².